The standard InChI is InChI=1S/C17H22N4O4S/c1-17(2,3)16-14(9-18-11-19-16)25-10-15(22)20-12-5-7-13(8-6-12)21-26(4,23)24/h5-9,11,21H,10H2,1-4H3,(H,20,22). The number of anilines is 2. The van der Waals surface area contributed by atoms with Crippen molar-refractivity contribution in [2.45, 2.75) is 26.2 Å². The molecule has 0 bridgehead atoms. The largest absolute Gasteiger partial charge is 0.480 e. The van der Waals surface area contributed by atoms with Crippen molar-refractivity contribution < 1.29 is 17.9 Å². The normalized spacial score (nSPS) is 11.7. The minimum absolute atomic E-state index is 0.195. The average molecular weight is 378 g/mol. The molecule has 1 heterocycles. The lowest BCUT2D eigenvalue weighted by molar-refractivity contribution is -0.118. The number of nitrogens with one attached hydrogen (secondary N) is 2. The Morgan fingerprint density at radius 3 is 2.35 bits per heavy atom. The molecule has 140 valence electrons. The summed E-state index contributed by atoms with van der Waals surface area (Å²) in [4.78, 5) is 20.2. The topological polar surface area (TPSA) is 110 Å². The van der Waals surface area contributed by atoms with Gasteiger partial charge in [0.15, 0.2) is 12.4 Å². The summed E-state index contributed by atoms with van der Waals surface area (Å²) in [5.74, 6) is 0.111. The van der Waals surface area contributed by atoms with Crippen LogP contribution >= 0.6 is 0 Å². The maximum Gasteiger partial charge on any atom is 0.262 e. The van der Waals surface area contributed by atoms with Crippen LogP contribution in [0.15, 0.2) is 36.8 Å². The Morgan fingerprint density at radius 2 is 1.77 bits per heavy atom. The molecule has 0 spiro atoms. The summed E-state index contributed by atoms with van der Waals surface area (Å²) in [6, 6.07) is 6.30. The lowest BCUT2D eigenvalue weighted by Crippen LogP contribution is -2.22. The number of amides is 1. The minimum Gasteiger partial charge on any atom is -0.480 e. The van der Waals surface area contributed by atoms with Crippen molar-refractivity contribution in [3.8, 4) is 5.75 Å². The Bertz CT molecular complexity index is 874. The van der Waals surface area contributed by atoms with Crippen molar-refractivity contribution in [1.29, 1.82) is 0 Å². The van der Waals surface area contributed by atoms with E-state index in [1.165, 1.54) is 12.5 Å². The molecule has 0 radical (unpaired) electrons. The van der Waals surface area contributed by atoms with Crippen LogP contribution in [0.4, 0.5) is 11.4 Å². The van der Waals surface area contributed by atoms with Gasteiger partial charge in [-0.25, -0.2) is 18.4 Å². The van der Waals surface area contributed by atoms with Crippen LogP contribution in [-0.2, 0) is 20.2 Å². The molecule has 0 saturated heterocycles. The zero-order valence-electron chi connectivity index (χ0n) is 15.1. The number of benzene rings is 1. The molecule has 26 heavy (non-hydrogen) atoms. The minimum atomic E-state index is -3.34. The highest BCUT2D eigenvalue weighted by atomic mass is 32.2. The van der Waals surface area contributed by atoms with Crippen molar-refractivity contribution in [3.63, 3.8) is 0 Å². The number of carbonyl (C=O) groups is 1. The second-order valence-electron chi connectivity index (χ2n) is 6.77. The van der Waals surface area contributed by atoms with Crippen LogP contribution < -0.4 is 14.8 Å². The summed E-state index contributed by atoms with van der Waals surface area (Å²) in [7, 11) is -3.34. The third-order valence-electron chi connectivity index (χ3n) is 3.22. The van der Waals surface area contributed by atoms with E-state index in [9.17, 15) is 13.2 Å². The van der Waals surface area contributed by atoms with Crippen molar-refractivity contribution in [3.05, 3.63) is 42.5 Å². The highest BCUT2D eigenvalue weighted by Crippen LogP contribution is 2.28. The quantitative estimate of drug-likeness (QED) is 0.797. The van der Waals surface area contributed by atoms with E-state index in [4.69, 9.17) is 4.74 Å². The van der Waals surface area contributed by atoms with Gasteiger partial charge in [0, 0.05) is 16.8 Å². The van der Waals surface area contributed by atoms with E-state index >= 15 is 0 Å². The number of hydrogen-bond donors (Lipinski definition) is 2. The molecule has 0 aliphatic heterocycles. The first kappa shape index (κ1) is 19.6. The summed E-state index contributed by atoms with van der Waals surface area (Å²) in [6.07, 6.45) is 4.05. The SMILES string of the molecule is CC(C)(C)c1ncncc1OCC(=O)Nc1ccc(NS(C)(=O)=O)cc1. The fourth-order valence-corrected chi connectivity index (χ4v) is 2.73. The zero-order chi connectivity index (χ0) is 19.4. The number of carbonyl (C=O) groups excluding carboxylic acids is 1. The smallest absolute Gasteiger partial charge is 0.262 e. The van der Waals surface area contributed by atoms with Crippen LogP contribution in [0.1, 0.15) is 26.5 Å². The first-order valence-corrected chi connectivity index (χ1v) is 9.75. The molecular formula is C17H22N4O4S. The van der Waals surface area contributed by atoms with E-state index in [0.717, 1.165) is 11.9 Å². The molecule has 0 atom stereocenters. The Balaban J connectivity index is 1.96. The molecule has 1 amide bonds. The number of rotatable bonds is 6. The molecular weight excluding hydrogens is 356 g/mol. The van der Waals surface area contributed by atoms with Crippen LogP contribution in [0.3, 0.4) is 0 Å². The summed E-state index contributed by atoms with van der Waals surface area (Å²) in [5, 5.41) is 2.68. The summed E-state index contributed by atoms with van der Waals surface area (Å²) >= 11 is 0. The van der Waals surface area contributed by atoms with E-state index in [1.54, 1.807) is 24.3 Å². The van der Waals surface area contributed by atoms with Crippen LogP contribution in [0.2, 0.25) is 0 Å². The van der Waals surface area contributed by atoms with Gasteiger partial charge in [0.05, 0.1) is 18.1 Å². The Kier molecular flexibility index (Phi) is 5.81. The van der Waals surface area contributed by atoms with E-state index in [2.05, 4.69) is 20.0 Å². The third-order valence-corrected chi connectivity index (χ3v) is 3.83. The predicted octanol–water partition coefficient (Wildman–Crippen LogP) is 2.16. The van der Waals surface area contributed by atoms with Crippen molar-refractivity contribution in [2.75, 3.05) is 22.9 Å². The first-order chi connectivity index (χ1) is 12.0. The highest BCUT2D eigenvalue weighted by molar-refractivity contribution is 7.92. The van der Waals surface area contributed by atoms with Crippen molar-refractivity contribution in [2.24, 2.45) is 0 Å². The summed E-state index contributed by atoms with van der Waals surface area (Å²) in [5.41, 5.74) is 1.42. The molecule has 8 nitrogen and oxygen atoms in total. The van der Waals surface area contributed by atoms with Crippen LogP contribution in [-0.4, -0.2) is 37.2 Å². The number of ether oxygens (including phenoxy) is 1. The van der Waals surface area contributed by atoms with Gasteiger partial charge in [-0.1, -0.05) is 20.8 Å². The molecule has 1 aromatic carbocycles. The molecule has 9 heteroatoms. The highest BCUT2D eigenvalue weighted by Gasteiger charge is 2.21. The molecule has 0 aliphatic carbocycles. The van der Waals surface area contributed by atoms with Crippen molar-refractivity contribution in [1.82, 2.24) is 9.97 Å². The van der Waals surface area contributed by atoms with Crippen molar-refractivity contribution >= 4 is 27.3 Å². The van der Waals surface area contributed by atoms with E-state index in [0.29, 0.717) is 17.1 Å². The Hall–Kier alpha value is -2.68. The third kappa shape index (κ3) is 5.99. The average Bonchev–Trinajstić information content (AvgIpc) is 2.53. The van der Waals surface area contributed by atoms with Gasteiger partial charge >= 0.3 is 0 Å². The lowest BCUT2D eigenvalue weighted by atomic mass is 9.91. The summed E-state index contributed by atoms with van der Waals surface area (Å²) < 4.78 is 30.3. The lowest BCUT2D eigenvalue weighted by Gasteiger charge is -2.20. The van der Waals surface area contributed by atoms with Gasteiger partial charge in [0.2, 0.25) is 10.0 Å². The van der Waals surface area contributed by atoms with Gasteiger partial charge in [0.1, 0.15) is 6.33 Å². The van der Waals surface area contributed by atoms with Gasteiger partial charge in [-0.2, -0.15) is 0 Å². The molecule has 0 aliphatic rings. The predicted molar refractivity (Wildman–Crippen MR) is 99.8 cm³/mol. The molecule has 2 aromatic rings. The summed E-state index contributed by atoms with van der Waals surface area (Å²) in [6.45, 7) is 5.79. The fourth-order valence-electron chi connectivity index (χ4n) is 2.16. The molecule has 2 N–H and O–H groups in total. The first-order valence-electron chi connectivity index (χ1n) is 7.85. The van der Waals surface area contributed by atoms with E-state index in [1.807, 2.05) is 20.8 Å². The second-order valence-corrected chi connectivity index (χ2v) is 8.52. The molecule has 0 saturated carbocycles. The number of sulfonamides is 1. The number of hydrogen-bond acceptors (Lipinski definition) is 6. The van der Waals surface area contributed by atoms with Crippen LogP contribution in [0.25, 0.3) is 0 Å². The molecule has 0 fully saturated rings. The Labute approximate surface area is 153 Å². The van der Waals surface area contributed by atoms with Gasteiger partial charge < -0.3 is 10.1 Å². The molecule has 0 unspecified atom stereocenters. The van der Waals surface area contributed by atoms with Crippen LogP contribution in [0, 0.1) is 0 Å². The maximum atomic E-state index is 12.1. The second kappa shape index (κ2) is 7.69. The van der Waals surface area contributed by atoms with Gasteiger partial charge in [-0.05, 0) is 24.3 Å². The molecule has 2 rings (SSSR count). The maximum absolute atomic E-state index is 12.1. The van der Waals surface area contributed by atoms with E-state index in [-0.39, 0.29) is 17.9 Å². The Morgan fingerprint density at radius 1 is 1.15 bits per heavy atom. The monoisotopic (exact) mass is 378 g/mol. The van der Waals surface area contributed by atoms with Crippen LogP contribution in [0.5, 0.6) is 5.75 Å². The van der Waals surface area contributed by atoms with Gasteiger partial charge in [-0.15, -0.1) is 0 Å². The molecule has 1 aromatic heterocycles. The van der Waals surface area contributed by atoms with Gasteiger partial charge in [0.25, 0.3) is 5.91 Å². The van der Waals surface area contributed by atoms with Gasteiger partial charge in [-0.3, -0.25) is 9.52 Å². The van der Waals surface area contributed by atoms with E-state index < -0.39 is 10.0 Å². The zero-order valence-corrected chi connectivity index (χ0v) is 15.9. The fraction of sp³-hybridized carbons (Fsp3) is 0.353. The number of nitrogens with zero attached hydrogens (tertiary/aromatic N) is 2. The number of aromatic nitrogens is 2.